The van der Waals surface area contributed by atoms with Crippen LogP contribution in [0.25, 0.3) is 0 Å². The first kappa shape index (κ1) is 15.5. The molecule has 0 radical (unpaired) electrons. The van der Waals surface area contributed by atoms with Gasteiger partial charge in [-0.2, -0.15) is 0 Å². The number of nitrogens with one attached hydrogen (secondary N) is 2. The van der Waals surface area contributed by atoms with Gasteiger partial charge in [0, 0.05) is 12.7 Å². The van der Waals surface area contributed by atoms with Crippen LogP contribution in [0, 0.1) is 6.92 Å². The summed E-state index contributed by atoms with van der Waals surface area (Å²) in [5.74, 6) is 0.317. The lowest BCUT2D eigenvalue weighted by Gasteiger charge is -2.08. The van der Waals surface area contributed by atoms with Crippen molar-refractivity contribution in [3.8, 4) is 0 Å². The normalized spacial score (nSPS) is 11.3. The fraction of sp³-hybridized carbons (Fsp3) is 0.267. The maximum absolute atomic E-state index is 12.2. The lowest BCUT2D eigenvalue weighted by molar-refractivity contribution is 0.601. The van der Waals surface area contributed by atoms with Crippen molar-refractivity contribution >= 4 is 15.8 Å². The molecule has 0 aliphatic carbocycles. The minimum Gasteiger partial charge on any atom is -0.313 e. The Morgan fingerprint density at radius 1 is 1.10 bits per heavy atom. The Balaban J connectivity index is 2.13. The van der Waals surface area contributed by atoms with E-state index < -0.39 is 10.0 Å². The number of aromatic nitrogens is 1. The van der Waals surface area contributed by atoms with Gasteiger partial charge in [-0.25, -0.2) is 13.4 Å². The highest BCUT2D eigenvalue weighted by molar-refractivity contribution is 7.92. The van der Waals surface area contributed by atoms with Gasteiger partial charge in [-0.3, -0.25) is 4.72 Å². The lowest BCUT2D eigenvalue weighted by atomic mass is 10.2. The van der Waals surface area contributed by atoms with E-state index in [0.29, 0.717) is 5.82 Å². The van der Waals surface area contributed by atoms with Crippen molar-refractivity contribution in [1.29, 1.82) is 0 Å². The number of aryl methyl sites for hydroxylation is 1. The number of nitrogens with zero attached hydrogens (tertiary/aromatic N) is 1. The number of hydrogen-bond acceptors (Lipinski definition) is 4. The first-order valence-electron chi connectivity index (χ1n) is 6.76. The Labute approximate surface area is 125 Å². The van der Waals surface area contributed by atoms with Crippen molar-refractivity contribution in [2.45, 2.75) is 25.3 Å². The van der Waals surface area contributed by atoms with Gasteiger partial charge in [-0.05, 0) is 42.8 Å². The van der Waals surface area contributed by atoms with Crippen molar-refractivity contribution in [2.24, 2.45) is 0 Å². The van der Waals surface area contributed by atoms with Gasteiger partial charge in [-0.1, -0.05) is 25.1 Å². The molecular formula is C15H19N3O2S. The molecule has 0 saturated heterocycles. The van der Waals surface area contributed by atoms with Gasteiger partial charge in [0.2, 0.25) is 0 Å². The number of hydrogen-bond donors (Lipinski definition) is 2. The van der Waals surface area contributed by atoms with E-state index >= 15 is 0 Å². The summed E-state index contributed by atoms with van der Waals surface area (Å²) >= 11 is 0. The van der Waals surface area contributed by atoms with Crippen molar-refractivity contribution in [3.05, 3.63) is 53.7 Å². The lowest BCUT2D eigenvalue weighted by Crippen LogP contribution is -2.15. The first-order valence-corrected chi connectivity index (χ1v) is 8.25. The quantitative estimate of drug-likeness (QED) is 0.859. The van der Waals surface area contributed by atoms with Crippen LogP contribution in [0.3, 0.4) is 0 Å². The molecule has 0 spiro atoms. The molecule has 0 atom stereocenters. The molecule has 0 bridgehead atoms. The largest absolute Gasteiger partial charge is 0.313 e. The number of sulfonamides is 1. The fourth-order valence-corrected chi connectivity index (χ4v) is 2.79. The standard InChI is InChI=1S/C15H19N3O2S/c1-3-16-11-13-5-7-14(8-6-13)21(19,20)18-15-9-4-12(2)10-17-15/h4-10,16H,3,11H2,1-2H3,(H,17,18). The van der Waals surface area contributed by atoms with Crippen LogP contribution >= 0.6 is 0 Å². The van der Waals surface area contributed by atoms with E-state index in [1.165, 1.54) is 0 Å². The highest BCUT2D eigenvalue weighted by Gasteiger charge is 2.14. The van der Waals surface area contributed by atoms with Crippen molar-refractivity contribution in [1.82, 2.24) is 10.3 Å². The van der Waals surface area contributed by atoms with Gasteiger partial charge in [0.15, 0.2) is 0 Å². The molecule has 0 amide bonds. The molecule has 2 aromatic rings. The summed E-state index contributed by atoms with van der Waals surface area (Å²) in [5.41, 5.74) is 2.02. The van der Waals surface area contributed by atoms with E-state index in [2.05, 4.69) is 15.0 Å². The molecule has 5 nitrogen and oxygen atoms in total. The fourth-order valence-electron chi connectivity index (χ4n) is 1.78. The predicted octanol–water partition coefficient (Wildman–Crippen LogP) is 2.30. The number of anilines is 1. The van der Waals surface area contributed by atoms with E-state index in [9.17, 15) is 8.42 Å². The third kappa shape index (κ3) is 4.27. The zero-order valence-corrected chi connectivity index (χ0v) is 12.9. The van der Waals surface area contributed by atoms with Gasteiger partial charge in [0.1, 0.15) is 5.82 Å². The highest BCUT2D eigenvalue weighted by atomic mass is 32.2. The first-order chi connectivity index (χ1) is 10.0. The molecule has 0 aliphatic heterocycles. The van der Waals surface area contributed by atoms with Crippen molar-refractivity contribution in [2.75, 3.05) is 11.3 Å². The zero-order chi connectivity index (χ0) is 15.3. The summed E-state index contributed by atoms with van der Waals surface area (Å²) < 4.78 is 27.0. The van der Waals surface area contributed by atoms with Gasteiger partial charge < -0.3 is 5.32 Å². The SMILES string of the molecule is CCNCc1ccc(S(=O)(=O)Nc2ccc(C)cn2)cc1. The second-order valence-electron chi connectivity index (χ2n) is 4.75. The molecule has 0 aliphatic rings. The molecule has 0 fully saturated rings. The maximum Gasteiger partial charge on any atom is 0.263 e. The molecule has 2 rings (SSSR count). The second-order valence-corrected chi connectivity index (χ2v) is 6.43. The smallest absolute Gasteiger partial charge is 0.263 e. The predicted molar refractivity (Wildman–Crippen MR) is 83.6 cm³/mol. The van der Waals surface area contributed by atoms with Gasteiger partial charge >= 0.3 is 0 Å². The number of pyridine rings is 1. The Hall–Kier alpha value is -1.92. The Morgan fingerprint density at radius 2 is 1.81 bits per heavy atom. The van der Waals surface area contributed by atoms with E-state index in [-0.39, 0.29) is 4.90 Å². The van der Waals surface area contributed by atoms with Crippen LogP contribution < -0.4 is 10.0 Å². The highest BCUT2D eigenvalue weighted by Crippen LogP contribution is 2.15. The zero-order valence-electron chi connectivity index (χ0n) is 12.1. The van der Waals surface area contributed by atoms with Gasteiger partial charge in [0.25, 0.3) is 10.0 Å². The Kier molecular flexibility index (Phi) is 4.93. The van der Waals surface area contributed by atoms with Crippen LogP contribution in [0.4, 0.5) is 5.82 Å². The molecule has 2 N–H and O–H groups in total. The van der Waals surface area contributed by atoms with Crippen LogP contribution in [0.5, 0.6) is 0 Å². The summed E-state index contributed by atoms with van der Waals surface area (Å²) in [4.78, 5) is 4.27. The molecule has 1 aromatic heterocycles. The second kappa shape index (κ2) is 6.69. The third-order valence-electron chi connectivity index (χ3n) is 2.96. The minimum atomic E-state index is -3.60. The van der Waals surface area contributed by atoms with E-state index in [0.717, 1.165) is 24.2 Å². The maximum atomic E-state index is 12.2. The monoisotopic (exact) mass is 305 g/mol. The number of rotatable bonds is 6. The topological polar surface area (TPSA) is 71.1 Å². The summed E-state index contributed by atoms with van der Waals surface area (Å²) in [5, 5.41) is 3.19. The van der Waals surface area contributed by atoms with Gasteiger partial charge in [-0.15, -0.1) is 0 Å². The van der Waals surface area contributed by atoms with Crippen LogP contribution in [0.2, 0.25) is 0 Å². The summed E-state index contributed by atoms with van der Waals surface area (Å²) in [6.45, 7) is 5.52. The van der Waals surface area contributed by atoms with Crippen molar-refractivity contribution in [3.63, 3.8) is 0 Å². The Morgan fingerprint density at radius 3 is 2.38 bits per heavy atom. The molecule has 1 aromatic carbocycles. The molecule has 6 heteroatoms. The third-order valence-corrected chi connectivity index (χ3v) is 4.33. The Bertz CT molecular complexity index is 680. The molecule has 1 heterocycles. The summed E-state index contributed by atoms with van der Waals surface area (Å²) in [6.07, 6.45) is 1.62. The minimum absolute atomic E-state index is 0.227. The summed E-state index contributed by atoms with van der Waals surface area (Å²) in [6, 6.07) is 10.3. The average Bonchev–Trinajstić information content (AvgIpc) is 2.48. The molecular weight excluding hydrogens is 286 g/mol. The van der Waals surface area contributed by atoms with Crippen LogP contribution in [-0.4, -0.2) is 19.9 Å². The molecule has 21 heavy (non-hydrogen) atoms. The molecule has 0 unspecified atom stereocenters. The molecule has 0 saturated carbocycles. The summed E-state index contributed by atoms with van der Waals surface area (Å²) in [7, 11) is -3.60. The van der Waals surface area contributed by atoms with Crippen molar-refractivity contribution < 1.29 is 8.42 Å². The van der Waals surface area contributed by atoms with Crippen LogP contribution in [-0.2, 0) is 16.6 Å². The van der Waals surface area contributed by atoms with E-state index in [1.54, 1.807) is 36.5 Å². The van der Waals surface area contributed by atoms with E-state index in [4.69, 9.17) is 0 Å². The van der Waals surface area contributed by atoms with E-state index in [1.807, 2.05) is 19.9 Å². The average molecular weight is 305 g/mol. The molecule has 112 valence electrons. The van der Waals surface area contributed by atoms with Crippen LogP contribution in [0.15, 0.2) is 47.5 Å². The van der Waals surface area contributed by atoms with Gasteiger partial charge in [0.05, 0.1) is 4.90 Å². The number of benzene rings is 1. The van der Waals surface area contributed by atoms with Crippen LogP contribution in [0.1, 0.15) is 18.1 Å².